The second kappa shape index (κ2) is 5.57. The van der Waals surface area contributed by atoms with Crippen LogP contribution in [-0.4, -0.2) is 23.0 Å². The van der Waals surface area contributed by atoms with Crippen LogP contribution in [0.1, 0.15) is 29.6 Å². The van der Waals surface area contributed by atoms with Gasteiger partial charge in [0, 0.05) is 6.04 Å². The van der Waals surface area contributed by atoms with Crippen LogP contribution in [0.5, 0.6) is 0 Å². The molecular formula is C13H13ClFNO3. The predicted molar refractivity (Wildman–Crippen MR) is 67.6 cm³/mol. The lowest BCUT2D eigenvalue weighted by Crippen LogP contribution is -2.40. The topological polar surface area (TPSA) is 66.4 Å². The average molecular weight is 286 g/mol. The zero-order valence-electron chi connectivity index (χ0n) is 10.0. The quantitative estimate of drug-likeness (QED) is 0.896. The number of carbonyl (C=O) groups is 2. The molecule has 1 fully saturated rings. The van der Waals surface area contributed by atoms with Crippen molar-refractivity contribution in [3.05, 3.63) is 34.6 Å². The smallest absolute Gasteiger partial charge is 0.308 e. The monoisotopic (exact) mass is 285 g/mol. The van der Waals surface area contributed by atoms with E-state index in [1.54, 1.807) is 0 Å². The van der Waals surface area contributed by atoms with Crippen LogP contribution in [0, 0.1) is 11.7 Å². The summed E-state index contributed by atoms with van der Waals surface area (Å²) in [5, 5.41) is 11.5. The van der Waals surface area contributed by atoms with Crippen molar-refractivity contribution >= 4 is 23.5 Å². The predicted octanol–water partition coefficient (Wildman–Crippen LogP) is 2.46. The number of benzene rings is 1. The summed E-state index contributed by atoms with van der Waals surface area (Å²) < 4.78 is 13.7. The minimum Gasteiger partial charge on any atom is -0.481 e. The molecule has 0 aromatic heterocycles. The van der Waals surface area contributed by atoms with E-state index >= 15 is 0 Å². The molecule has 1 aromatic carbocycles. The van der Waals surface area contributed by atoms with Gasteiger partial charge in [0.05, 0.1) is 16.5 Å². The Morgan fingerprint density at radius 2 is 2.11 bits per heavy atom. The van der Waals surface area contributed by atoms with Crippen LogP contribution in [0.4, 0.5) is 4.39 Å². The molecule has 1 aliphatic rings. The highest BCUT2D eigenvalue weighted by Gasteiger charge is 2.34. The fourth-order valence-corrected chi connectivity index (χ4v) is 2.53. The van der Waals surface area contributed by atoms with Gasteiger partial charge >= 0.3 is 5.97 Å². The summed E-state index contributed by atoms with van der Waals surface area (Å²) in [7, 11) is 0. The first-order valence-corrected chi connectivity index (χ1v) is 6.36. The van der Waals surface area contributed by atoms with Gasteiger partial charge in [0.15, 0.2) is 5.82 Å². The Kier molecular flexibility index (Phi) is 4.04. The molecule has 1 saturated carbocycles. The highest BCUT2D eigenvalue weighted by Crippen LogP contribution is 2.26. The molecule has 2 N–H and O–H groups in total. The largest absolute Gasteiger partial charge is 0.481 e. The molecule has 0 spiro atoms. The number of hydrogen-bond donors (Lipinski definition) is 2. The molecule has 0 bridgehead atoms. The van der Waals surface area contributed by atoms with Crippen LogP contribution in [-0.2, 0) is 4.79 Å². The molecule has 6 heteroatoms. The molecule has 1 amide bonds. The summed E-state index contributed by atoms with van der Waals surface area (Å²) in [5.74, 6) is -2.95. The lowest BCUT2D eigenvalue weighted by Gasteiger charge is -2.17. The first-order chi connectivity index (χ1) is 9.00. The van der Waals surface area contributed by atoms with Crippen LogP contribution >= 0.6 is 11.6 Å². The number of carboxylic acid groups (broad SMARTS) is 1. The number of rotatable bonds is 3. The van der Waals surface area contributed by atoms with Gasteiger partial charge in [0.2, 0.25) is 0 Å². The van der Waals surface area contributed by atoms with E-state index in [2.05, 4.69) is 5.32 Å². The molecule has 0 aliphatic heterocycles. The fourth-order valence-electron chi connectivity index (χ4n) is 2.35. The number of halogens is 2. The molecule has 102 valence electrons. The lowest BCUT2D eigenvalue weighted by molar-refractivity contribution is -0.142. The summed E-state index contributed by atoms with van der Waals surface area (Å²) in [5.41, 5.74) is -0.163. The molecule has 4 nitrogen and oxygen atoms in total. The van der Waals surface area contributed by atoms with E-state index in [1.165, 1.54) is 18.2 Å². The Bertz CT molecular complexity index is 521. The van der Waals surface area contributed by atoms with Crippen molar-refractivity contribution in [2.45, 2.75) is 25.3 Å². The normalized spacial score (nSPS) is 22.2. The molecule has 0 heterocycles. The third-order valence-electron chi connectivity index (χ3n) is 3.35. The number of aliphatic carboxylic acids is 1. The van der Waals surface area contributed by atoms with Gasteiger partial charge in [-0.05, 0) is 25.0 Å². The summed E-state index contributed by atoms with van der Waals surface area (Å²) in [6.45, 7) is 0. The van der Waals surface area contributed by atoms with E-state index in [1.807, 2.05) is 0 Å². The van der Waals surface area contributed by atoms with Crippen molar-refractivity contribution in [3.63, 3.8) is 0 Å². The maximum atomic E-state index is 13.7. The molecule has 0 radical (unpaired) electrons. The summed E-state index contributed by atoms with van der Waals surface area (Å²) in [6.07, 6.45) is 1.85. The minimum atomic E-state index is -0.936. The maximum absolute atomic E-state index is 13.7. The SMILES string of the molecule is O=C(NC1CCCC1C(=O)O)c1cccc(Cl)c1F. The Labute approximate surface area is 114 Å². The van der Waals surface area contributed by atoms with Crippen LogP contribution < -0.4 is 5.32 Å². The van der Waals surface area contributed by atoms with Crippen molar-refractivity contribution in [2.75, 3.05) is 0 Å². The maximum Gasteiger partial charge on any atom is 0.308 e. The van der Waals surface area contributed by atoms with Gasteiger partial charge < -0.3 is 10.4 Å². The Balaban J connectivity index is 2.13. The first kappa shape index (κ1) is 13.8. The van der Waals surface area contributed by atoms with Gasteiger partial charge in [0.25, 0.3) is 5.91 Å². The zero-order valence-corrected chi connectivity index (χ0v) is 10.8. The van der Waals surface area contributed by atoms with Gasteiger partial charge in [-0.1, -0.05) is 24.1 Å². The van der Waals surface area contributed by atoms with E-state index in [0.717, 1.165) is 6.42 Å². The number of carbonyl (C=O) groups excluding carboxylic acids is 1. The van der Waals surface area contributed by atoms with E-state index in [4.69, 9.17) is 16.7 Å². The molecule has 1 aromatic rings. The summed E-state index contributed by atoms with van der Waals surface area (Å²) in [6, 6.07) is 3.69. The zero-order chi connectivity index (χ0) is 14.0. The highest BCUT2D eigenvalue weighted by molar-refractivity contribution is 6.31. The highest BCUT2D eigenvalue weighted by atomic mass is 35.5. The van der Waals surface area contributed by atoms with Gasteiger partial charge in [-0.2, -0.15) is 0 Å². The third-order valence-corrected chi connectivity index (χ3v) is 3.64. The molecule has 1 aliphatic carbocycles. The molecule has 2 unspecified atom stereocenters. The molecular weight excluding hydrogens is 273 g/mol. The van der Waals surface area contributed by atoms with Crippen molar-refractivity contribution in [1.82, 2.24) is 5.32 Å². The summed E-state index contributed by atoms with van der Waals surface area (Å²) in [4.78, 5) is 22.9. The third kappa shape index (κ3) is 2.87. The lowest BCUT2D eigenvalue weighted by atomic mass is 10.0. The fraction of sp³-hybridized carbons (Fsp3) is 0.385. The number of nitrogens with one attached hydrogen (secondary N) is 1. The van der Waals surface area contributed by atoms with Crippen molar-refractivity contribution in [2.24, 2.45) is 5.92 Å². The second-order valence-corrected chi connectivity index (χ2v) is 4.96. The van der Waals surface area contributed by atoms with E-state index in [0.29, 0.717) is 12.8 Å². The number of hydrogen-bond acceptors (Lipinski definition) is 2. The van der Waals surface area contributed by atoms with Crippen LogP contribution in [0.25, 0.3) is 0 Å². The molecule has 2 atom stereocenters. The minimum absolute atomic E-state index is 0.131. The van der Waals surface area contributed by atoms with Crippen molar-refractivity contribution in [1.29, 1.82) is 0 Å². The van der Waals surface area contributed by atoms with Crippen molar-refractivity contribution in [3.8, 4) is 0 Å². The van der Waals surface area contributed by atoms with Crippen molar-refractivity contribution < 1.29 is 19.1 Å². The molecule has 2 rings (SSSR count). The van der Waals surface area contributed by atoms with Gasteiger partial charge in [-0.25, -0.2) is 4.39 Å². The van der Waals surface area contributed by atoms with E-state index in [9.17, 15) is 14.0 Å². The number of carboxylic acids is 1. The van der Waals surface area contributed by atoms with Crippen LogP contribution in [0.15, 0.2) is 18.2 Å². The summed E-state index contributed by atoms with van der Waals surface area (Å²) >= 11 is 5.60. The Morgan fingerprint density at radius 1 is 1.37 bits per heavy atom. The average Bonchev–Trinajstić information content (AvgIpc) is 2.80. The van der Waals surface area contributed by atoms with Crippen LogP contribution in [0.2, 0.25) is 5.02 Å². The van der Waals surface area contributed by atoms with Gasteiger partial charge in [-0.15, -0.1) is 0 Å². The van der Waals surface area contributed by atoms with Crippen LogP contribution in [0.3, 0.4) is 0 Å². The van der Waals surface area contributed by atoms with E-state index in [-0.39, 0.29) is 10.6 Å². The second-order valence-electron chi connectivity index (χ2n) is 4.56. The molecule has 0 saturated heterocycles. The Morgan fingerprint density at radius 3 is 2.79 bits per heavy atom. The molecule has 19 heavy (non-hydrogen) atoms. The van der Waals surface area contributed by atoms with E-state index < -0.39 is 29.7 Å². The standard InChI is InChI=1S/C13H13ClFNO3/c14-9-5-1-4-8(11(9)15)12(17)16-10-6-2-3-7(10)13(18)19/h1,4-5,7,10H,2-3,6H2,(H,16,17)(H,18,19). The number of amides is 1. The Hall–Kier alpha value is -1.62. The van der Waals surface area contributed by atoms with Gasteiger partial charge in [0.1, 0.15) is 0 Å². The first-order valence-electron chi connectivity index (χ1n) is 5.98. The van der Waals surface area contributed by atoms with Gasteiger partial charge in [-0.3, -0.25) is 9.59 Å².